The topological polar surface area (TPSA) is 89.9 Å². The number of aromatic nitrogens is 3. The fraction of sp³-hybridized carbons (Fsp3) is 0.222. The number of rotatable bonds is 3. The van der Waals surface area contributed by atoms with Crippen LogP contribution in [0.4, 0.5) is 5.82 Å². The lowest BCUT2D eigenvalue weighted by Crippen LogP contribution is -2.08. The van der Waals surface area contributed by atoms with Gasteiger partial charge < -0.3 is 9.84 Å². The third kappa shape index (κ3) is 2.31. The lowest BCUT2D eigenvalue weighted by atomic mass is 10.4. The Morgan fingerprint density at radius 1 is 1.38 bits per heavy atom. The lowest BCUT2D eigenvalue weighted by molar-refractivity contribution is 0.431. The molecular weight excluding hydrogens is 226 g/mol. The Morgan fingerprint density at radius 3 is 2.81 bits per heavy atom. The van der Waals surface area contributed by atoms with Crippen LogP contribution in [0.1, 0.15) is 11.5 Å². The van der Waals surface area contributed by atoms with Crippen molar-refractivity contribution in [2.45, 2.75) is 24.1 Å². The van der Waals surface area contributed by atoms with Gasteiger partial charge in [0.05, 0.1) is 5.69 Å². The summed E-state index contributed by atoms with van der Waals surface area (Å²) in [5.74, 6) is 6.62. The summed E-state index contributed by atoms with van der Waals surface area (Å²) in [4.78, 5) is 12.2. The van der Waals surface area contributed by atoms with Gasteiger partial charge in [-0.1, -0.05) is 0 Å². The Labute approximate surface area is 96.7 Å². The van der Waals surface area contributed by atoms with E-state index in [0.717, 1.165) is 16.5 Å². The molecule has 2 rings (SSSR count). The Balaban J connectivity index is 2.20. The van der Waals surface area contributed by atoms with Crippen molar-refractivity contribution in [3.05, 3.63) is 23.8 Å². The highest BCUT2D eigenvalue weighted by Crippen LogP contribution is 2.27. The van der Waals surface area contributed by atoms with Crippen LogP contribution in [0.5, 0.6) is 0 Å². The maximum atomic E-state index is 5.43. The van der Waals surface area contributed by atoms with Gasteiger partial charge in [-0.05, 0) is 25.6 Å². The molecule has 3 N–H and O–H groups in total. The zero-order chi connectivity index (χ0) is 11.5. The number of hydrogen-bond donors (Lipinski definition) is 2. The molecule has 0 amide bonds. The molecule has 0 saturated heterocycles. The van der Waals surface area contributed by atoms with Crippen molar-refractivity contribution in [3.63, 3.8) is 0 Å². The number of hydrogen-bond acceptors (Lipinski definition) is 7. The van der Waals surface area contributed by atoms with Crippen molar-refractivity contribution in [2.75, 3.05) is 5.43 Å². The molecule has 2 heterocycles. The maximum Gasteiger partial charge on any atom is 0.262 e. The van der Waals surface area contributed by atoms with Gasteiger partial charge in [0.1, 0.15) is 22.9 Å². The number of nitrogen functional groups attached to an aromatic ring is 1. The van der Waals surface area contributed by atoms with Crippen LogP contribution in [0.15, 0.2) is 27.1 Å². The number of nitrogens with zero attached hydrogens (tertiary/aromatic N) is 3. The van der Waals surface area contributed by atoms with Crippen LogP contribution in [0.3, 0.4) is 0 Å². The molecule has 16 heavy (non-hydrogen) atoms. The molecule has 0 bridgehead atoms. The van der Waals surface area contributed by atoms with Gasteiger partial charge in [0.2, 0.25) is 0 Å². The highest BCUT2D eigenvalue weighted by atomic mass is 32.2. The third-order valence-electron chi connectivity index (χ3n) is 1.99. The van der Waals surface area contributed by atoms with Crippen molar-refractivity contribution in [2.24, 2.45) is 5.84 Å². The first kappa shape index (κ1) is 10.9. The first-order valence-electron chi connectivity index (χ1n) is 4.59. The van der Waals surface area contributed by atoms with Crippen LogP contribution in [0.2, 0.25) is 0 Å². The lowest BCUT2D eigenvalue weighted by Gasteiger charge is -1.99. The third-order valence-corrected chi connectivity index (χ3v) is 2.77. The summed E-state index contributed by atoms with van der Waals surface area (Å²) in [6.07, 6.45) is 1.43. The van der Waals surface area contributed by atoms with Crippen molar-refractivity contribution >= 4 is 17.6 Å². The molecule has 84 valence electrons. The Hall–Kier alpha value is -1.60. The molecule has 0 aliphatic heterocycles. The number of nitrogens with one attached hydrogen (secondary N) is 1. The van der Waals surface area contributed by atoms with Gasteiger partial charge in [-0.2, -0.15) is 0 Å². The molecule has 0 atom stereocenters. The first-order chi connectivity index (χ1) is 7.69. The van der Waals surface area contributed by atoms with Crippen molar-refractivity contribution < 1.29 is 4.42 Å². The number of hydrazine groups is 1. The molecule has 7 heteroatoms. The molecule has 2 aromatic heterocycles. The molecular formula is C9H11N5OS. The minimum absolute atomic E-state index is 0.553. The largest absolute Gasteiger partial charge is 0.436 e. The van der Waals surface area contributed by atoms with Gasteiger partial charge in [0.25, 0.3) is 5.22 Å². The van der Waals surface area contributed by atoms with E-state index in [1.54, 1.807) is 6.07 Å². The summed E-state index contributed by atoms with van der Waals surface area (Å²) >= 11 is 1.33. The predicted octanol–water partition coefficient (Wildman–Crippen LogP) is 1.52. The van der Waals surface area contributed by atoms with Gasteiger partial charge in [0.15, 0.2) is 0 Å². The maximum absolute atomic E-state index is 5.43. The van der Waals surface area contributed by atoms with Crippen LogP contribution in [0, 0.1) is 13.8 Å². The zero-order valence-corrected chi connectivity index (χ0v) is 9.71. The van der Waals surface area contributed by atoms with Crippen molar-refractivity contribution in [3.8, 4) is 0 Å². The summed E-state index contributed by atoms with van der Waals surface area (Å²) in [5.41, 5.74) is 3.34. The standard InChI is InChI=1S/C9H11N5OS/c1-5-6(2)15-9(13-5)16-8-3-7(14-10)11-4-12-8/h3-4H,10H2,1-2H3,(H,11,12,14). The molecule has 0 saturated carbocycles. The minimum atomic E-state index is 0.553. The fourth-order valence-corrected chi connectivity index (χ4v) is 1.85. The van der Waals surface area contributed by atoms with E-state index in [2.05, 4.69) is 20.4 Å². The average molecular weight is 237 g/mol. The van der Waals surface area contributed by atoms with Crippen LogP contribution in [-0.2, 0) is 0 Å². The Morgan fingerprint density at radius 2 is 2.19 bits per heavy atom. The Kier molecular flexibility index (Phi) is 3.07. The number of anilines is 1. The van der Waals surface area contributed by atoms with Gasteiger partial charge in [0, 0.05) is 6.07 Å². The number of aryl methyl sites for hydroxylation is 2. The first-order valence-corrected chi connectivity index (χ1v) is 5.41. The van der Waals surface area contributed by atoms with Crippen LogP contribution in [-0.4, -0.2) is 15.0 Å². The number of nitrogens with two attached hydrogens (primary N) is 1. The fourth-order valence-electron chi connectivity index (χ4n) is 1.05. The molecule has 2 aromatic rings. The van der Waals surface area contributed by atoms with E-state index < -0.39 is 0 Å². The van der Waals surface area contributed by atoms with Crippen molar-refractivity contribution in [1.29, 1.82) is 0 Å². The second-order valence-electron chi connectivity index (χ2n) is 3.11. The summed E-state index contributed by atoms with van der Waals surface area (Å²) < 4.78 is 5.43. The van der Waals surface area contributed by atoms with E-state index in [1.165, 1.54) is 18.1 Å². The van der Waals surface area contributed by atoms with Gasteiger partial charge in [-0.3, -0.25) is 0 Å². The molecule has 6 nitrogen and oxygen atoms in total. The summed E-state index contributed by atoms with van der Waals surface area (Å²) in [6.45, 7) is 3.77. The molecule has 0 aromatic carbocycles. The average Bonchev–Trinajstić information content (AvgIpc) is 2.58. The SMILES string of the molecule is Cc1nc(Sc2cc(NN)ncn2)oc1C. The quantitative estimate of drug-likeness (QED) is 0.475. The zero-order valence-electron chi connectivity index (χ0n) is 8.89. The molecule has 0 aliphatic carbocycles. The van der Waals surface area contributed by atoms with E-state index >= 15 is 0 Å². The molecule has 0 radical (unpaired) electrons. The van der Waals surface area contributed by atoms with E-state index in [9.17, 15) is 0 Å². The van der Waals surface area contributed by atoms with Gasteiger partial charge >= 0.3 is 0 Å². The van der Waals surface area contributed by atoms with E-state index in [-0.39, 0.29) is 0 Å². The monoisotopic (exact) mass is 237 g/mol. The minimum Gasteiger partial charge on any atom is -0.436 e. The van der Waals surface area contributed by atoms with Crippen molar-refractivity contribution in [1.82, 2.24) is 15.0 Å². The summed E-state index contributed by atoms with van der Waals surface area (Å²) in [6, 6.07) is 1.72. The molecule has 0 aliphatic rings. The van der Waals surface area contributed by atoms with Crippen LogP contribution in [0.25, 0.3) is 0 Å². The van der Waals surface area contributed by atoms with Gasteiger partial charge in [-0.25, -0.2) is 20.8 Å². The smallest absolute Gasteiger partial charge is 0.262 e. The Bertz CT molecular complexity index is 479. The highest BCUT2D eigenvalue weighted by Gasteiger charge is 2.08. The highest BCUT2D eigenvalue weighted by molar-refractivity contribution is 7.99. The van der Waals surface area contributed by atoms with E-state index in [0.29, 0.717) is 11.0 Å². The normalized spacial score (nSPS) is 10.4. The summed E-state index contributed by atoms with van der Waals surface area (Å²) in [5, 5.41) is 1.29. The van der Waals surface area contributed by atoms with E-state index in [4.69, 9.17) is 10.3 Å². The molecule has 0 unspecified atom stereocenters. The van der Waals surface area contributed by atoms with Gasteiger partial charge in [-0.15, -0.1) is 0 Å². The van der Waals surface area contributed by atoms with Crippen LogP contribution >= 0.6 is 11.8 Å². The second-order valence-corrected chi connectivity index (χ2v) is 4.08. The second kappa shape index (κ2) is 4.50. The predicted molar refractivity (Wildman–Crippen MR) is 59.9 cm³/mol. The van der Waals surface area contributed by atoms with E-state index in [1.807, 2.05) is 13.8 Å². The van der Waals surface area contributed by atoms with Crippen LogP contribution < -0.4 is 11.3 Å². The summed E-state index contributed by atoms with van der Waals surface area (Å²) in [7, 11) is 0. The molecule has 0 spiro atoms. The molecule has 0 fully saturated rings. The number of oxazole rings is 1.